The Hall–Kier alpha value is -1.62. The molecule has 1 aromatic carbocycles. The van der Waals surface area contributed by atoms with Crippen LogP contribution < -0.4 is 5.32 Å². The second-order valence-electron chi connectivity index (χ2n) is 3.91. The van der Waals surface area contributed by atoms with Crippen molar-refractivity contribution in [1.29, 1.82) is 0 Å². The molecule has 0 aliphatic heterocycles. The minimum atomic E-state index is -0.0457. The van der Waals surface area contributed by atoms with Crippen LogP contribution in [0, 0.1) is 0 Å². The molecule has 0 spiro atoms. The van der Waals surface area contributed by atoms with Crippen LogP contribution in [0.15, 0.2) is 36.8 Å². The van der Waals surface area contributed by atoms with Crippen LogP contribution in [0.3, 0.4) is 0 Å². The van der Waals surface area contributed by atoms with Gasteiger partial charge in [0.05, 0.1) is 6.33 Å². The Kier molecular flexibility index (Phi) is 4.52. The van der Waals surface area contributed by atoms with Gasteiger partial charge in [0.2, 0.25) is 0 Å². The van der Waals surface area contributed by atoms with E-state index >= 15 is 0 Å². The van der Waals surface area contributed by atoms with Crippen LogP contribution in [0.5, 0.6) is 0 Å². The first-order valence-corrected chi connectivity index (χ1v) is 6.82. The number of aromatic nitrogens is 2. The molecule has 0 atom stereocenters. The van der Waals surface area contributed by atoms with Crippen LogP contribution in [0.25, 0.3) is 0 Å². The number of carbonyl (C=O) groups excluding carboxylic acids is 1. The standard InChI is InChI=1S/C13H14BrN3O/c14-7-10-1-3-11(4-2-10)13(18)16-6-5-12-8-15-9-17-12/h1-4,8-9H,5-7H2,(H,15,17)(H,16,18). The second-order valence-corrected chi connectivity index (χ2v) is 4.47. The fourth-order valence-corrected chi connectivity index (χ4v) is 1.95. The van der Waals surface area contributed by atoms with Gasteiger partial charge < -0.3 is 10.3 Å². The molecule has 0 radical (unpaired) electrons. The molecule has 2 aromatic rings. The summed E-state index contributed by atoms with van der Waals surface area (Å²) in [5, 5.41) is 3.68. The molecule has 1 aromatic heterocycles. The number of alkyl halides is 1. The molecule has 18 heavy (non-hydrogen) atoms. The van der Waals surface area contributed by atoms with Crippen molar-refractivity contribution in [3.8, 4) is 0 Å². The summed E-state index contributed by atoms with van der Waals surface area (Å²) in [7, 11) is 0. The molecule has 0 aliphatic rings. The van der Waals surface area contributed by atoms with Gasteiger partial charge in [0.1, 0.15) is 0 Å². The van der Waals surface area contributed by atoms with E-state index < -0.39 is 0 Å². The van der Waals surface area contributed by atoms with E-state index in [2.05, 4.69) is 31.2 Å². The number of amides is 1. The van der Waals surface area contributed by atoms with Gasteiger partial charge in [-0.15, -0.1) is 0 Å². The molecular formula is C13H14BrN3O. The Morgan fingerprint density at radius 3 is 2.72 bits per heavy atom. The van der Waals surface area contributed by atoms with Crippen LogP contribution in [0.1, 0.15) is 21.6 Å². The van der Waals surface area contributed by atoms with E-state index in [0.717, 1.165) is 23.0 Å². The summed E-state index contributed by atoms with van der Waals surface area (Å²) < 4.78 is 0. The number of imidazole rings is 1. The maximum Gasteiger partial charge on any atom is 0.251 e. The normalized spacial score (nSPS) is 10.3. The number of benzene rings is 1. The van der Waals surface area contributed by atoms with Crippen LogP contribution in [-0.2, 0) is 11.8 Å². The predicted molar refractivity (Wildman–Crippen MR) is 73.7 cm³/mol. The monoisotopic (exact) mass is 307 g/mol. The van der Waals surface area contributed by atoms with Gasteiger partial charge in [-0.2, -0.15) is 0 Å². The minimum Gasteiger partial charge on any atom is -0.352 e. The SMILES string of the molecule is O=C(NCCc1cnc[nH]1)c1ccc(CBr)cc1. The Bertz CT molecular complexity index is 493. The van der Waals surface area contributed by atoms with Gasteiger partial charge >= 0.3 is 0 Å². The maximum absolute atomic E-state index is 11.8. The molecule has 0 saturated carbocycles. The highest BCUT2D eigenvalue weighted by Gasteiger charge is 2.04. The third kappa shape index (κ3) is 3.43. The summed E-state index contributed by atoms with van der Waals surface area (Å²) >= 11 is 3.37. The second kappa shape index (κ2) is 6.35. The Morgan fingerprint density at radius 1 is 1.33 bits per heavy atom. The topological polar surface area (TPSA) is 57.8 Å². The Labute approximate surface area is 114 Å². The highest BCUT2D eigenvalue weighted by Crippen LogP contribution is 2.07. The van der Waals surface area contributed by atoms with E-state index in [1.807, 2.05) is 24.3 Å². The lowest BCUT2D eigenvalue weighted by atomic mass is 10.1. The first-order valence-electron chi connectivity index (χ1n) is 5.70. The van der Waals surface area contributed by atoms with Gasteiger partial charge in [0.25, 0.3) is 5.91 Å². The number of nitrogens with one attached hydrogen (secondary N) is 2. The lowest BCUT2D eigenvalue weighted by Crippen LogP contribution is -2.25. The third-order valence-corrected chi connectivity index (χ3v) is 3.25. The quantitative estimate of drug-likeness (QED) is 0.833. The van der Waals surface area contributed by atoms with Crippen LogP contribution in [-0.4, -0.2) is 22.4 Å². The van der Waals surface area contributed by atoms with Crippen molar-refractivity contribution >= 4 is 21.8 Å². The van der Waals surface area contributed by atoms with E-state index in [9.17, 15) is 4.79 Å². The van der Waals surface area contributed by atoms with Gasteiger partial charge in [0, 0.05) is 35.7 Å². The zero-order valence-corrected chi connectivity index (χ0v) is 11.4. The molecule has 0 fully saturated rings. The van der Waals surface area contributed by atoms with E-state index in [1.165, 1.54) is 0 Å². The molecule has 0 saturated heterocycles. The van der Waals surface area contributed by atoms with Crippen molar-refractivity contribution < 1.29 is 4.79 Å². The van der Waals surface area contributed by atoms with Crippen molar-refractivity contribution in [1.82, 2.24) is 15.3 Å². The van der Waals surface area contributed by atoms with Crippen LogP contribution >= 0.6 is 15.9 Å². The molecule has 4 nitrogen and oxygen atoms in total. The van der Waals surface area contributed by atoms with Crippen molar-refractivity contribution in [3.63, 3.8) is 0 Å². The zero-order valence-electron chi connectivity index (χ0n) is 9.82. The number of H-pyrrole nitrogens is 1. The number of aromatic amines is 1. The number of rotatable bonds is 5. The molecule has 1 amide bonds. The van der Waals surface area contributed by atoms with Crippen LogP contribution in [0.4, 0.5) is 0 Å². The number of hydrogen-bond acceptors (Lipinski definition) is 2. The highest BCUT2D eigenvalue weighted by molar-refractivity contribution is 9.08. The van der Waals surface area contributed by atoms with E-state index in [0.29, 0.717) is 12.1 Å². The molecule has 0 unspecified atom stereocenters. The fraction of sp³-hybridized carbons (Fsp3) is 0.231. The van der Waals surface area contributed by atoms with Crippen LogP contribution in [0.2, 0.25) is 0 Å². The van der Waals surface area contributed by atoms with Crippen molar-refractivity contribution in [2.45, 2.75) is 11.8 Å². The van der Waals surface area contributed by atoms with Crippen molar-refractivity contribution in [2.24, 2.45) is 0 Å². The van der Waals surface area contributed by atoms with Crippen molar-refractivity contribution in [2.75, 3.05) is 6.54 Å². The molecular weight excluding hydrogens is 294 g/mol. The zero-order chi connectivity index (χ0) is 12.8. The molecule has 0 aliphatic carbocycles. The summed E-state index contributed by atoms with van der Waals surface area (Å²) in [5.41, 5.74) is 2.86. The molecule has 5 heteroatoms. The van der Waals surface area contributed by atoms with Gasteiger partial charge in [-0.25, -0.2) is 4.98 Å². The van der Waals surface area contributed by atoms with Crippen molar-refractivity contribution in [3.05, 3.63) is 53.6 Å². The number of nitrogens with zero attached hydrogens (tertiary/aromatic N) is 1. The van der Waals surface area contributed by atoms with E-state index in [4.69, 9.17) is 0 Å². The molecule has 94 valence electrons. The third-order valence-electron chi connectivity index (χ3n) is 2.61. The Balaban J connectivity index is 1.83. The summed E-state index contributed by atoms with van der Waals surface area (Å²) in [5.74, 6) is -0.0457. The number of hydrogen-bond donors (Lipinski definition) is 2. The lowest BCUT2D eigenvalue weighted by Gasteiger charge is -2.04. The van der Waals surface area contributed by atoms with Gasteiger partial charge in [-0.1, -0.05) is 28.1 Å². The average Bonchev–Trinajstić information content (AvgIpc) is 2.92. The average molecular weight is 308 g/mol. The highest BCUT2D eigenvalue weighted by atomic mass is 79.9. The summed E-state index contributed by atoms with van der Waals surface area (Å²) in [6, 6.07) is 7.56. The fourth-order valence-electron chi connectivity index (χ4n) is 1.58. The molecule has 0 bridgehead atoms. The van der Waals surface area contributed by atoms with Gasteiger partial charge in [-0.05, 0) is 17.7 Å². The molecule has 1 heterocycles. The largest absolute Gasteiger partial charge is 0.352 e. The minimum absolute atomic E-state index is 0.0457. The van der Waals surface area contributed by atoms with E-state index in [1.54, 1.807) is 12.5 Å². The summed E-state index contributed by atoms with van der Waals surface area (Å²) in [6.07, 6.45) is 4.15. The molecule has 2 rings (SSSR count). The first-order chi connectivity index (χ1) is 8.79. The maximum atomic E-state index is 11.8. The predicted octanol–water partition coefficient (Wildman–Crippen LogP) is 2.28. The summed E-state index contributed by atoms with van der Waals surface area (Å²) in [6.45, 7) is 0.598. The van der Waals surface area contributed by atoms with Gasteiger partial charge in [0.15, 0.2) is 0 Å². The Morgan fingerprint density at radius 2 is 2.11 bits per heavy atom. The smallest absolute Gasteiger partial charge is 0.251 e. The van der Waals surface area contributed by atoms with E-state index in [-0.39, 0.29) is 5.91 Å². The van der Waals surface area contributed by atoms with Gasteiger partial charge in [-0.3, -0.25) is 4.79 Å². The summed E-state index contributed by atoms with van der Waals surface area (Å²) in [4.78, 5) is 18.7. The first kappa shape index (κ1) is 12.8. The molecule has 2 N–H and O–H groups in total. The number of carbonyl (C=O) groups is 1. The lowest BCUT2D eigenvalue weighted by molar-refractivity contribution is 0.0954. The number of halogens is 1.